The molecular formula is C7H10BrN3. The summed E-state index contributed by atoms with van der Waals surface area (Å²) in [5.41, 5.74) is 1.37. The fourth-order valence-electron chi connectivity index (χ4n) is 1.36. The molecule has 1 aliphatic rings. The molecule has 1 heterocycles. The van der Waals surface area contributed by atoms with Crippen LogP contribution in [0.25, 0.3) is 0 Å². The first-order valence-corrected chi connectivity index (χ1v) is 4.46. The fraction of sp³-hybridized carbons (Fsp3) is 0.571. The van der Waals surface area contributed by atoms with Crippen molar-refractivity contribution in [3.63, 3.8) is 0 Å². The van der Waals surface area contributed by atoms with E-state index in [1.54, 1.807) is 6.20 Å². The van der Waals surface area contributed by atoms with Crippen molar-refractivity contribution in [2.45, 2.75) is 18.4 Å². The van der Waals surface area contributed by atoms with Crippen LogP contribution < -0.4 is 5.32 Å². The molecule has 0 unspecified atom stereocenters. The number of hydrogen-bond acceptors (Lipinski definition) is 2. The van der Waals surface area contributed by atoms with E-state index in [1.807, 2.05) is 7.05 Å². The second-order valence-corrected chi connectivity index (χ2v) is 3.78. The zero-order valence-corrected chi connectivity index (χ0v) is 7.90. The first kappa shape index (κ1) is 7.31. The van der Waals surface area contributed by atoms with Crippen molar-refractivity contribution in [1.82, 2.24) is 15.5 Å². The first-order chi connectivity index (χ1) is 5.28. The van der Waals surface area contributed by atoms with E-state index in [2.05, 4.69) is 31.4 Å². The van der Waals surface area contributed by atoms with Gasteiger partial charge in [0.1, 0.15) is 0 Å². The molecule has 0 saturated heterocycles. The topological polar surface area (TPSA) is 40.7 Å². The molecule has 1 aliphatic carbocycles. The summed E-state index contributed by atoms with van der Waals surface area (Å²) in [5.74, 6) is 0. The van der Waals surface area contributed by atoms with E-state index in [-0.39, 0.29) is 5.54 Å². The van der Waals surface area contributed by atoms with Gasteiger partial charge in [0.2, 0.25) is 0 Å². The van der Waals surface area contributed by atoms with E-state index in [9.17, 15) is 0 Å². The van der Waals surface area contributed by atoms with Crippen molar-refractivity contribution < 1.29 is 0 Å². The van der Waals surface area contributed by atoms with Crippen LogP contribution in [0.3, 0.4) is 0 Å². The summed E-state index contributed by atoms with van der Waals surface area (Å²) < 4.78 is 1.07. The summed E-state index contributed by atoms with van der Waals surface area (Å²) in [5, 5.41) is 10.3. The Morgan fingerprint density at radius 2 is 2.45 bits per heavy atom. The Labute approximate surface area is 73.7 Å². The van der Waals surface area contributed by atoms with Crippen molar-refractivity contribution in [3.8, 4) is 0 Å². The van der Waals surface area contributed by atoms with Crippen molar-refractivity contribution in [1.29, 1.82) is 0 Å². The molecule has 0 bridgehead atoms. The summed E-state index contributed by atoms with van der Waals surface area (Å²) in [6.45, 7) is 0. The number of nitrogens with zero attached hydrogens (tertiary/aromatic N) is 1. The van der Waals surface area contributed by atoms with Gasteiger partial charge in [0.05, 0.1) is 21.9 Å². The molecule has 60 valence electrons. The van der Waals surface area contributed by atoms with Crippen LogP contribution in [0.15, 0.2) is 10.7 Å². The first-order valence-electron chi connectivity index (χ1n) is 3.67. The maximum Gasteiger partial charge on any atom is 0.0694 e. The SMILES string of the molecule is CNC1(c2[nH]ncc2Br)CC1. The third-order valence-corrected chi connectivity index (χ3v) is 2.90. The number of aromatic nitrogens is 2. The fourth-order valence-corrected chi connectivity index (χ4v) is 1.93. The molecule has 4 heteroatoms. The lowest BCUT2D eigenvalue weighted by atomic mass is 10.2. The molecule has 1 fully saturated rings. The van der Waals surface area contributed by atoms with Crippen molar-refractivity contribution >= 4 is 15.9 Å². The van der Waals surface area contributed by atoms with E-state index in [0.717, 1.165) is 4.47 Å². The summed E-state index contributed by atoms with van der Waals surface area (Å²) in [4.78, 5) is 0. The molecule has 11 heavy (non-hydrogen) atoms. The average Bonchev–Trinajstić information content (AvgIpc) is 2.70. The second kappa shape index (κ2) is 2.32. The molecule has 0 atom stereocenters. The highest BCUT2D eigenvalue weighted by molar-refractivity contribution is 9.10. The van der Waals surface area contributed by atoms with E-state index in [0.29, 0.717) is 0 Å². The zero-order valence-electron chi connectivity index (χ0n) is 6.32. The van der Waals surface area contributed by atoms with Gasteiger partial charge in [0, 0.05) is 0 Å². The molecule has 3 nitrogen and oxygen atoms in total. The molecule has 0 aliphatic heterocycles. The number of nitrogens with one attached hydrogen (secondary N) is 2. The normalized spacial score (nSPS) is 20.2. The average molecular weight is 216 g/mol. The van der Waals surface area contributed by atoms with Gasteiger partial charge < -0.3 is 5.32 Å². The van der Waals surface area contributed by atoms with E-state index in [4.69, 9.17) is 0 Å². The van der Waals surface area contributed by atoms with Crippen LogP contribution >= 0.6 is 15.9 Å². The van der Waals surface area contributed by atoms with E-state index in [1.165, 1.54) is 18.5 Å². The number of aromatic amines is 1. The Morgan fingerprint density at radius 3 is 2.82 bits per heavy atom. The summed E-state index contributed by atoms with van der Waals surface area (Å²) in [6.07, 6.45) is 4.20. The Hall–Kier alpha value is -0.350. The predicted octanol–water partition coefficient (Wildman–Crippen LogP) is 1.38. The molecule has 1 aromatic rings. The minimum absolute atomic E-state index is 0.190. The molecule has 2 N–H and O–H groups in total. The molecule has 2 rings (SSSR count). The molecule has 0 amide bonds. The van der Waals surface area contributed by atoms with Gasteiger partial charge in [-0.05, 0) is 35.8 Å². The lowest BCUT2D eigenvalue weighted by molar-refractivity contribution is 0.563. The summed E-state index contributed by atoms with van der Waals surface area (Å²) >= 11 is 3.45. The smallest absolute Gasteiger partial charge is 0.0694 e. The molecule has 0 spiro atoms. The van der Waals surface area contributed by atoms with Crippen LogP contribution in [-0.4, -0.2) is 17.2 Å². The summed E-state index contributed by atoms with van der Waals surface area (Å²) in [6, 6.07) is 0. The van der Waals surface area contributed by atoms with Gasteiger partial charge >= 0.3 is 0 Å². The molecule has 0 aromatic carbocycles. The zero-order chi connectivity index (χ0) is 7.90. The Morgan fingerprint density at radius 1 is 1.73 bits per heavy atom. The van der Waals surface area contributed by atoms with Crippen LogP contribution in [0.1, 0.15) is 18.5 Å². The largest absolute Gasteiger partial charge is 0.309 e. The van der Waals surface area contributed by atoms with Gasteiger partial charge in [-0.25, -0.2) is 0 Å². The molecule has 1 saturated carbocycles. The van der Waals surface area contributed by atoms with Crippen molar-refractivity contribution in [2.24, 2.45) is 0 Å². The quantitative estimate of drug-likeness (QED) is 0.783. The predicted molar refractivity (Wildman–Crippen MR) is 46.3 cm³/mol. The minimum Gasteiger partial charge on any atom is -0.309 e. The van der Waals surface area contributed by atoms with Crippen LogP contribution in [-0.2, 0) is 5.54 Å². The van der Waals surface area contributed by atoms with E-state index < -0.39 is 0 Å². The van der Waals surface area contributed by atoms with Gasteiger partial charge in [-0.2, -0.15) is 5.10 Å². The number of rotatable bonds is 2. The number of halogens is 1. The Balaban J connectivity index is 2.35. The van der Waals surface area contributed by atoms with Gasteiger partial charge in [-0.3, -0.25) is 5.10 Å². The maximum atomic E-state index is 3.96. The maximum absolute atomic E-state index is 3.96. The van der Waals surface area contributed by atoms with Gasteiger partial charge in [0.15, 0.2) is 0 Å². The van der Waals surface area contributed by atoms with Crippen LogP contribution in [0.5, 0.6) is 0 Å². The standard InChI is InChI=1S/C7H10BrN3/c1-9-7(2-3-7)6-5(8)4-10-11-6/h4,9H,2-3H2,1H3,(H,10,11). The number of hydrogen-bond donors (Lipinski definition) is 2. The van der Waals surface area contributed by atoms with Crippen LogP contribution in [0.4, 0.5) is 0 Å². The van der Waals surface area contributed by atoms with E-state index >= 15 is 0 Å². The lowest BCUT2D eigenvalue weighted by Gasteiger charge is -2.11. The van der Waals surface area contributed by atoms with Crippen LogP contribution in [0.2, 0.25) is 0 Å². The number of H-pyrrole nitrogens is 1. The van der Waals surface area contributed by atoms with Gasteiger partial charge in [0.25, 0.3) is 0 Å². The third-order valence-electron chi connectivity index (χ3n) is 2.30. The van der Waals surface area contributed by atoms with Gasteiger partial charge in [-0.1, -0.05) is 0 Å². The Kier molecular flexibility index (Phi) is 1.54. The summed E-state index contributed by atoms with van der Waals surface area (Å²) in [7, 11) is 1.99. The molecule has 1 aromatic heterocycles. The second-order valence-electron chi connectivity index (χ2n) is 2.93. The minimum atomic E-state index is 0.190. The van der Waals surface area contributed by atoms with Crippen molar-refractivity contribution in [2.75, 3.05) is 7.05 Å². The van der Waals surface area contributed by atoms with Crippen LogP contribution in [0, 0.1) is 0 Å². The van der Waals surface area contributed by atoms with Gasteiger partial charge in [-0.15, -0.1) is 0 Å². The Bertz CT molecular complexity index is 264. The molecule has 0 radical (unpaired) electrons. The lowest BCUT2D eigenvalue weighted by Crippen LogP contribution is -2.25. The molecular weight excluding hydrogens is 206 g/mol. The highest BCUT2D eigenvalue weighted by Crippen LogP contribution is 2.46. The third kappa shape index (κ3) is 1.01. The highest BCUT2D eigenvalue weighted by atomic mass is 79.9. The van der Waals surface area contributed by atoms with Crippen molar-refractivity contribution in [3.05, 3.63) is 16.4 Å². The highest BCUT2D eigenvalue weighted by Gasteiger charge is 2.45. The monoisotopic (exact) mass is 215 g/mol.